The molecule has 70 heavy (non-hydrogen) atoms. The minimum atomic E-state index is -0.157. The molecular formula is C65H44N2O3. The van der Waals surface area contributed by atoms with E-state index in [1.165, 1.54) is 48.8 Å². The van der Waals surface area contributed by atoms with Crippen LogP contribution in [0.3, 0.4) is 0 Å². The van der Waals surface area contributed by atoms with E-state index in [0.29, 0.717) is 0 Å². The van der Waals surface area contributed by atoms with Crippen molar-refractivity contribution >= 4 is 132 Å². The van der Waals surface area contributed by atoms with Crippen molar-refractivity contribution in [3.05, 3.63) is 217 Å². The van der Waals surface area contributed by atoms with E-state index in [2.05, 4.69) is 230 Å². The first-order valence-corrected chi connectivity index (χ1v) is 24.3. The van der Waals surface area contributed by atoms with Gasteiger partial charge in [0.1, 0.15) is 22.3 Å². The highest BCUT2D eigenvalue weighted by atomic mass is 16.3. The second-order valence-corrected chi connectivity index (χ2v) is 19.6. The van der Waals surface area contributed by atoms with Gasteiger partial charge in [0.2, 0.25) is 0 Å². The van der Waals surface area contributed by atoms with Gasteiger partial charge in [-0.05, 0) is 141 Å². The van der Waals surface area contributed by atoms with Crippen LogP contribution < -0.4 is 9.80 Å². The predicted molar refractivity (Wildman–Crippen MR) is 292 cm³/mol. The van der Waals surface area contributed by atoms with Crippen LogP contribution in [0.5, 0.6) is 0 Å². The minimum absolute atomic E-state index is 0.157. The fourth-order valence-corrected chi connectivity index (χ4v) is 12.1. The van der Waals surface area contributed by atoms with E-state index in [1.54, 1.807) is 0 Å². The Balaban J connectivity index is 0.969. The zero-order valence-electron chi connectivity index (χ0n) is 38.7. The molecule has 0 saturated carbocycles. The Morgan fingerprint density at radius 2 is 0.900 bits per heavy atom. The largest absolute Gasteiger partial charge is 0.456 e. The van der Waals surface area contributed by atoms with Crippen LogP contribution in [0, 0.1) is 0 Å². The molecule has 11 aromatic carbocycles. The van der Waals surface area contributed by atoms with Gasteiger partial charge in [-0.1, -0.05) is 141 Å². The van der Waals surface area contributed by atoms with Gasteiger partial charge in [-0.25, -0.2) is 0 Å². The van der Waals surface area contributed by atoms with Gasteiger partial charge in [0.15, 0.2) is 11.2 Å². The zero-order valence-corrected chi connectivity index (χ0v) is 38.7. The highest BCUT2D eigenvalue weighted by Gasteiger charge is 2.35. The molecule has 1 aliphatic carbocycles. The number of rotatable bonds is 6. The molecule has 1 aliphatic rings. The molecule has 3 heterocycles. The second-order valence-electron chi connectivity index (χ2n) is 19.6. The van der Waals surface area contributed by atoms with Gasteiger partial charge in [-0.15, -0.1) is 0 Å². The van der Waals surface area contributed by atoms with Crippen molar-refractivity contribution in [3.63, 3.8) is 0 Å². The highest BCUT2D eigenvalue weighted by molar-refractivity contribution is 6.23. The fraction of sp³-hybridized carbons (Fsp3) is 0.0769. The number of hydrogen-bond acceptors (Lipinski definition) is 5. The molecule has 15 rings (SSSR count). The van der Waals surface area contributed by atoms with E-state index in [4.69, 9.17) is 13.3 Å². The van der Waals surface area contributed by atoms with Crippen LogP contribution in [0.25, 0.3) is 98.1 Å². The Labute approximate surface area is 403 Å². The van der Waals surface area contributed by atoms with Crippen LogP contribution >= 0.6 is 0 Å². The predicted octanol–water partition coefficient (Wildman–Crippen LogP) is 19.0. The number of nitrogens with zero attached hydrogens (tertiary/aromatic N) is 2. The van der Waals surface area contributed by atoms with Crippen molar-refractivity contribution in [2.45, 2.75) is 32.1 Å². The normalized spacial score (nSPS) is 13.6. The number of aryl methyl sites for hydroxylation is 1. The second kappa shape index (κ2) is 14.6. The van der Waals surface area contributed by atoms with Crippen molar-refractivity contribution in [1.29, 1.82) is 0 Å². The lowest BCUT2D eigenvalue weighted by molar-refractivity contribution is 0.478. The third kappa shape index (κ3) is 5.60. The van der Waals surface area contributed by atoms with E-state index in [0.717, 1.165) is 107 Å². The molecule has 14 aromatic rings. The van der Waals surface area contributed by atoms with Gasteiger partial charge in [0, 0.05) is 49.4 Å². The van der Waals surface area contributed by atoms with Crippen molar-refractivity contribution in [2.75, 3.05) is 9.80 Å². The molecule has 0 atom stereocenters. The number of fused-ring (bicyclic) bond motifs is 14. The first-order valence-electron chi connectivity index (χ1n) is 24.3. The first kappa shape index (κ1) is 39.2. The van der Waals surface area contributed by atoms with Crippen molar-refractivity contribution in [1.82, 2.24) is 0 Å². The first-order chi connectivity index (χ1) is 34.5. The Kier molecular flexibility index (Phi) is 8.18. The quantitative estimate of drug-likeness (QED) is 0.166. The molecule has 0 spiro atoms. The molecule has 0 radical (unpaired) electrons. The van der Waals surface area contributed by atoms with E-state index in [1.807, 2.05) is 0 Å². The van der Waals surface area contributed by atoms with Crippen LogP contribution in [0.1, 0.15) is 31.4 Å². The molecule has 0 unspecified atom stereocenters. The number of anilines is 6. The highest BCUT2D eigenvalue weighted by Crippen LogP contribution is 2.53. The topological polar surface area (TPSA) is 45.9 Å². The lowest BCUT2D eigenvalue weighted by Crippen LogP contribution is -2.25. The van der Waals surface area contributed by atoms with E-state index in [-0.39, 0.29) is 5.41 Å². The van der Waals surface area contributed by atoms with E-state index < -0.39 is 0 Å². The molecule has 0 amide bonds. The summed E-state index contributed by atoms with van der Waals surface area (Å²) in [6.45, 7) is 4.83. The number of hydrogen-bond donors (Lipinski definition) is 0. The van der Waals surface area contributed by atoms with Crippen molar-refractivity contribution < 1.29 is 13.3 Å². The summed E-state index contributed by atoms with van der Waals surface area (Å²) in [5, 5.41) is 14.0. The maximum absolute atomic E-state index is 6.93. The van der Waals surface area contributed by atoms with Gasteiger partial charge in [-0.3, -0.25) is 0 Å². The monoisotopic (exact) mass is 900 g/mol. The van der Waals surface area contributed by atoms with Crippen molar-refractivity contribution in [2.24, 2.45) is 0 Å². The SMILES string of the molecule is CC1(C)CCc2c(N(c3ccccc3)c3cccc4c3oc3ccc5ccccc5c34)ccc3cc4oc5ccc(N(c6ccccc6)c6cccc7c6oc6ccc8ccccc8c67)cc5c4c1c23. The molecule has 0 bridgehead atoms. The fourth-order valence-electron chi connectivity index (χ4n) is 12.1. The molecule has 0 saturated heterocycles. The zero-order chi connectivity index (χ0) is 46.2. The van der Waals surface area contributed by atoms with Crippen LogP contribution in [-0.4, -0.2) is 0 Å². The summed E-state index contributed by atoms with van der Waals surface area (Å²) in [5.74, 6) is 0. The standard InChI is InChI=1S/C65H44N2O3/c1-65(2)36-35-47-51(67(43-19-7-4-8-20-43)53-26-14-24-49-60-46-22-12-10-16-40(46)29-33-56(60)70-64(49)53)31-27-41-37-57-61(62(65)58(41)47)50-38-44(30-34-54(50)68-57)66(42-17-5-3-6-18-42)52-25-13-23-48-59-45-21-11-9-15-39(45)28-32-55(59)69-63(48)52/h3-34,37-38H,35-36H2,1-2H3. The Bertz CT molecular complexity index is 4460. The summed E-state index contributed by atoms with van der Waals surface area (Å²) < 4.78 is 20.7. The number of para-hydroxylation sites is 4. The number of furan rings is 3. The average molecular weight is 901 g/mol. The van der Waals surface area contributed by atoms with E-state index >= 15 is 0 Å². The molecule has 0 fully saturated rings. The van der Waals surface area contributed by atoms with Gasteiger partial charge in [-0.2, -0.15) is 0 Å². The third-order valence-corrected chi connectivity index (χ3v) is 15.2. The van der Waals surface area contributed by atoms with Crippen LogP contribution in [0.4, 0.5) is 34.1 Å². The summed E-state index contributed by atoms with van der Waals surface area (Å²) in [6, 6.07) is 73.8. The Morgan fingerprint density at radius 1 is 0.357 bits per heavy atom. The van der Waals surface area contributed by atoms with Gasteiger partial charge < -0.3 is 23.1 Å². The maximum atomic E-state index is 6.93. The molecule has 5 nitrogen and oxygen atoms in total. The van der Waals surface area contributed by atoms with Gasteiger partial charge in [0.05, 0.1) is 17.1 Å². The van der Waals surface area contributed by atoms with Gasteiger partial charge >= 0.3 is 0 Å². The summed E-state index contributed by atoms with van der Waals surface area (Å²) in [4.78, 5) is 4.77. The Hall–Kier alpha value is -8.80. The van der Waals surface area contributed by atoms with Gasteiger partial charge in [0.25, 0.3) is 0 Å². The van der Waals surface area contributed by atoms with Crippen molar-refractivity contribution in [3.8, 4) is 0 Å². The van der Waals surface area contributed by atoms with E-state index in [9.17, 15) is 0 Å². The smallest absolute Gasteiger partial charge is 0.159 e. The summed E-state index contributed by atoms with van der Waals surface area (Å²) in [6.07, 6.45) is 1.89. The van der Waals surface area contributed by atoms with Crippen LogP contribution in [-0.2, 0) is 11.8 Å². The summed E-state index contributed by atoms with van der Waals surface area (Å²) in [7, 11) is 0. The Morgan fingerprint density at radius 3 is 1.54 bits per heavy atom. The van der Waals surface area contributed by atoms with Crippen LogP contribution in [0.2, 0.25) is 0 Å². The average Bonchev–Trinajstić information content (AvgIpc) is 4.10. The lowest BCUT2D eigenvalue weighted by atomic mass is 9.70. The summed E-state index contributed by atoms with van der Waals surface area (Å²) >= 11 is 0. The molecule has 3 aromatic heterocycles. The molecular weight excluding hydrogens is 857 g/mol. The minimum Gasteiger partial charge on any atom is -0.456 e. The maximum Gasteiger partial charge on any atom is 0.159 e. The molecule has 0 aliphatic heterocycles. The lowest BCUT2D eigenvalue weighted by Gasteiger charge is -2.36. The molecule has 0 N–H and O–H groups in total. The number of benzene rings is 11. The van der Waals surface area contributed by atoms with Crippen LogP contribution in [0.15, 0.2) is 220 Å². The summed E-state index contributed by atoms with van der Waals surface area (Å²) in [5.41, 5.74) is 14.1. The molecule has 5 heteroatoms. The third-order valence-electron chi connectivity index (χ3n) is 15.2. The molecule has 332 valence electrons.